The van der Waals surface area contributed by atoms with Crippen molar-refractivity contribution in [2.24, 2.45) is 0 Å². The first kappa shape index (κ1) is 22.4. The minimum atomic E-state index is -3.70. The van der Waals surface area contributed by atoms with E-state index in [-0.39, 0.29) is 30.0 Å². The second-order valence-electron chi connectivity index (χ2n) is 7.92. The van der Waals surface area contributed by atoms with Crippen LogP contribution in [0.5, 0.6) is 23.0 Å². The molecule has 3 aromatic rings. The molecule has 0 spiro atoms. The number of alkyl halides is 2. The minimum Gasteiger partial charge on any atom is -0.493 e. The molecule has 0 unspecified atom stereocenters. The van der Waals surface area contributed by atoms with Crippen molar-refractivity contribution in [3.05, 3.63) is 63.8 Å². The molecule has 1 N–H and O–H groups in total. The number of hydrogen-bond donors (Lipinski definition) is 1. The van der Waals surface area contributed by atoms with Crippen LogP contribution in [-0.4, -0.2) is 44.4 Å². The van der Waals surface area contributed by atoms with Crippen molar-refractivity contribution in [2.75, 3.05) is 32.6 Å². The maximum absolute atomic E-state index is 13.3. The molecular formula is C24H22F2N2O5S. The van der Waals surface area contributed by atoms with Gasteiger partial charge in [0.05, 0.1) is 26.8 Å². The average Bonchev–Trinajstić information content (AvgIpc) is 3.44. The molecule has 10 heteroatoms. The number of nitrogens with zero attached hydrogens (tertiary/aromatic N) is 1. The fourth-order valence-corrected chi connectivity index (χ4v) is 5.24. The van der Waals surface area contributed by atoms with Gasteiger partial charge in [-0.25, -0.2) is 0 Å². The lowest BCUT2D eigenvalue weighted by molar-refractivity contribution is -0.286. The fourth-order valence-electron chi connectivity index (χ4n) is 4.36. The van der Waals surface area contributed by atoms with Gasteiger partial charge in [-0.05, 0) is 53.3 Å². The molecule has 0 bridgehead atoms. The number of ether oxygens (including phenoxy) is 4. The predicted octanol–water partition coefficient (Wildman–Crippen LogP) is 4.67. The number of halogens is 2. The van der Waals surface area contributed by atoms with Gasteiger partial charge in [0.2, 0.25) is 5.91 Å². The zero-order valence-electron chi connectivity index (χ0n) is 18.5. The molecule has 0 saturated carbocycles. The SMILES string of the molecule is COc1cc2c(cc1OC)[C@H](c1cccs1)N(CC(=O)Nc1ccc3c(c1)OC(F)(F)O3)CC2. The molecule has 7 nitrogen and oxygen atoms in total. The highest BCUT2D eigenvalue weighted by atomic mass is 32.1. The van der Waals surface area contributed by atoms with Crippen molar-refractivity contribution in [2.45, 2.75) is 18.8 Å². The Bertz CT molecular complexity index is 1220. The molecule has 0 saturated heterocycles. The van der Waals surface area contributed by atoms with E-state index in [0.717, 1.165) is 22.4 Å². The van der Waals surface area contributed by atoms with Crippen LogP contribution in [0, 0.1) is 0 Å². The molecule has 2 aromatic carbocycles. The number of hydrogen-bond acceptors (Lipinski definition) is 7. The van der Waals surface area contributed by atoms with Crippen molar-refractivity contribution >= 4 is 22.9 Å². The molecule has 1 aromatic heterocycles. The Morgan fingerprint density at radius 3 is 2.65 bits per heavy atom. The van der Waals surface area contributed by atoms with E-state index in [1.54, 1.807) is 25.6 Å². The Morgan fingerprint density at radius 1 is 1.15 bits per heavy atom. The molecule has 1 atom stereocenters. The first-order valence-corrected chi connectivity index (χ1v) is 11.5. The Morgan fingerprint density at radius 2 is 1.91 bits per heavy atom. The second kappa shape index (κ2) is 8.77. The van der Waals surface area contributed by atoms with Crippen LogP contribution in [0.1, 0.15) is 22.0 Å². The number of rotatable bonds is 6. The number of carbonyl (C=O) groups is 1. The standard InChI is InChI=1S/C24H22F2N2O5S/c1-30-18-10-14-7-8-28(23(21-4-3-9-34-21)16(14)12-19(18)31-2)13-22(29)27-15-5-6-17-20(11-15)33-24(25,26)32-17/h3-6,9-12,23H,7-8,13H2,1-2H3,(H,27,29)/t23-/m1/s1. The maximum Gasteiger partial charge on any atom is 0.586 e. The van der Waals surface area contributed by atoms with Gasteiger partial charge < -0.3 is 24.3 Å². The number of methoxy groups -OCH3 is 2. The van der Waals surface area contributed by atoms with E-state index in [0.29, 0.717) is 23.7 Å². The van der Waals surface area contributed by atoms with Crippen LogP contribution in [-0.2, 0) is 11.2 Å². The molecule has 34 heavy (non-hydrogen) atoms. The Hall–Kier alpha value is -3.37. The molecule has 178 valence electrons. The number of anilines is 1. The number of carbonyl (C=O) groups excluding carboxylic acids is 1. The van der Waals surface area contributed by atoms with Gasteiger partial charge >= 0.3 is 6.29 Å². The first-order valence-electron chi connectivity index (χ1n) is 10.6. The quantitative estimate of drug-likeness (QED) is 0.544. The molecular weight excluding hydrogens is 466 g/mol. The highest BCUT2D eigenvalue weighted by Gasteiger charge is 2.43. The summed E-state index contributed by atoms with van der Waals surface area (Å²) in [6.07, 6.45) is -2.96. The molecule has 2 aliphatic rings. The summed E-state index contributed by atoms with van der Waals surface area (Å²) >= 11 is 1.62. The monoisotopic (exact) mass is 488 g/mol. The van der Waals surface area contributed by atoms with Crippen molar-refractivity contribution < 1.29 is 32.5 Å². The summed E-state index contributed by atoms with van der Waals surface area (Å²) in [6.45, 7) is 0.771. The van der Waals surface area contributed by atoms with Crippen LogP contribution >= 0.6 is 11.3 Å². The summed E-state index contributed by atoms with van der Waals surface area (Å²) in [5.41, 5.74) is 2.55. The summed E-state index contributed by atoms with van der Waals surface area (Å²) in [5.74, 6) is 0.845. The van der Waals surface area contributed by atoms with Gasteiger partial charge in [0, 0.05) is 23.2 Å². The van der Waals surface area contributed by atoms with E-state index in [9.17, 15) is 13.6 Å². The maximum atomic E-state index is 13.3. The van der Waals surface area contributed by atoms with Crippen molar-refractivity contribution in [3.63, 3.8) is 0 Å². The predicted molar refractivity (Wildman–Crippen MR) is 122 cm³/mol. The van der Waals surface area contributed by atoms with E-state index in [1.165, 1.54) is 18.2 Å². The molecule has 0 aliphatic carbocycles. The molecule has 0 fully saturated rings. The van der Waals surface area contributed by atoms with Crippen molar-refractivity contribution in [1.82, 2.24) is 4.90 Å². The first-order chi connectivity index (χ1) is 16.4. The molecule has 2 aliphatic heterocycles. The topological polar surface area (TPSA) is 69.3 Å². The van der Waals surface area contributed by atoms with Gasteiger partial charge in [0.25, 0.3) is 0 Å². The molecule has 0 radical (unpaired) electrons. The lowest BCUT2D eigenvalue weighted by Gasteiger charge is -2.37. The zero-order chi connectivity index (χ0) is 23.9. The van der Waals surface area contributed by atoms with Gasteiger partial charge in [-0.2, -0.15) is 0 Å². The van der Waals surface area contributed by atoms with Crippen LogP contribution in [0.25, 0.3) is 0 Å². The van der Waals surface area contributed by atoms with Crippen molar-refractivity contribution in [3.8, 4) is 23.0 Å². The Labute approximate surface area is 198 Å². The van der Waals surface area contributed by atoms with E-state index in [2.05, 4.69) is 19.7 Å². The van der Waals surface area contributed by atoms with E-state index in [4.69, 9.17) is 9.47 Å². The normalized spacial score (nSPS) is 18.3. The third kappa shape index (κ3) is 4.26. The number of thiophene rings is 1. The van der Waals surface area contributed by atoms with Crippen LogP contribution < -0.4 is 24.3 Å². The van der Waals surface area contributed by atoms with Crippen LogP contribution in [0.15, 0.2) is 47.8 Å². The molecule has 1 amide bonds. The van der Waals surface area contributed by atoms with Gasteiger partial charge in [-0.1, -0.05) is 6.07 Å². The second-order valence-corrected chi connectivity index (χ2v) is 8.90. The Kier molecular flexibility index (Phi) is 5.78. The van der Waals surface area contributed by atoms with E-state index < -0.39 is 6.29 Å². The van der Waals surface area contributed by atoms with Gasteiger partial charge in [-0.3, -0.25) is 9.69 Å². The number of nitrogens with one attached hydrogen (secondary N) is 1. The van der Waals surface area contributed by atoms with Crippen LogP contribution in [0.4, 0.5) is 14.5 Å². The third-order valence-electron chi connectivity index (χ3n) is 5.82. The number of amides is 1. The van der Waals surface area contributed by atoms with Gasteiger partial charge in [-0.15, -0.1) is 20.1 Å². The van der Waals surface area contributed by atoms with Crippen LogP contribution in [0.2, 0.25) is 0 Å². The molecule has 5 rings (SSSR count). The lowest BCUT2D eigenvalue weighted by Crippen LogP contribution is -2.40. The fraction of sp³-hybridized carbons (Fsp3) is 0.292. The van der Waals surface area contributed by atoms with E-state index >= 15 is 0 Å². The van der Waals surface area contributed by atoms with Crippen molar-refractivity contribution in [1.29, 1.82) is 0 Å². The average molecular weight is 489 g/mol. The number of fused-ring (bicyclic) bond motifs is 2. The smallest absolute Gasteiger partial charge is 0.493 e. The summed E-state index contributed by atoms with van der Waals surface area (Å²) in [4.78, 5) is 16.1. The van der Waals surface area contributed by atoms with Crippen LogP contribution in [0.3, 0.4) is 0 Å². The summed E-state index contributed by atoms with van der Waals surface area (Å²) in [5, 5.41) is 4.78. The van der Waals surface area contributed by atoms with Gasteiger partial charge in [0.15, 0.2) is 23.0 Å². The summed E-state index contributed by atoms with van der Waals surface area (Å²) in [7, 11) is 3.21. The number of benzene rings is 2. The lowest BCUT2D eigenvalue weighted by atomic mass is 9.91. The van der Waals surface area contributed by atoms with E-state index in [1.807, 2.05) is 29.6 Å². The molecule has 3 heterocycles. The summed E-state index contributed by atoms with van der Waals surface area (Å²) in [6, 6.07) is 12.0. The largest absolute Gasteiger partial charge is 0.586 e. The summed E-state index contributed by atoms with van der Waals surface area (Å²) < 4.78 is 46.4. The highest BCUT2D eigenvalue weighted by Crippen LogP contribution is 2.43. The zero-order valence-corrected chi connectivity index (χ0v) is 19.3. The van der Waals surface area contributed by atoms with Gasteiger partial charge in [0.1, 0.15) is 0 Å². The minimum absolute atomic E-state index is 0.0715. The third-order valence-corrected chi connectivity index (χ3v) is 6.74. The Balaban J connectivity index is 1.38. The highest BCUT2D eigenvalue weighted by molar-refractivity contribution is 7.10.